The van der Waals surface area contributed by atoms with Crippen LogP contribution in [0.1, 0.15) is 41.4 Å². The number of nitrogens with zero attached hydrogens (tertiary/aromatic N) is 1. The van der Waals surface area contributed by atoms with Crippen LogP contribution in [0.5, 0.6) is 0 Å². The number of carbonyl (C=O) groups is 1. The predicted molar refractivity (Wildman–Crippen MR) is 78.4 cm³/mol. The number of rotatable bonds is 4. The van der Waals surface area contributed by atoms with Crippen molar-refractivity contribution in [2.45, 2.75) is 25.9 Å². The van der Waals surface area contributed by atoms with Crippen molar-refractivity contribution in [3.05, 3.63) is 53.2 Å². The van der Waals surface area contributed by atoms with Gasteiger partial charge in [0.2, 0.25) is 0 Å². The lowest BCUT2D eigenvalue weighted by Crippen LogP contribution is -2.06. The third-order valence-corrected chi connectivity index (χ3v) is 3.12. The molecule has 0 aliphatic carbocycles. The van der Waals surface area contributed by atoms with E-state index in [0.29, 0.717) is 11.8 Å². The van der Waals surface area contributed by atoms with E-state index in [1.807, 2.05) is 13.8 Å². The van der Waals surface area contributed by atoms with E-state index in [1.54, 1.807) is 12.1 Å². The number of pyridine rings is 1. The summed E-state index contributed by atoms with van der Waals surface area (Å²) in [6.45, 7) is 3.88. The first-order chi connectivity index (χ1) is 10.3. The van der Waals surface area contributed by atoms with Gasteiger partial charge in [-0.05, 0) is 36.2 Å². The number of benzene rings is 1. The Morgan fingerprint density at radius 3 is 2.50 bits per heavy atom. The fraction of sp³-hybridized carbons (Fsp3) is 0.250. The third-order valence-electron chi connectivity index (χ3n) is 3.12. The first kappa shape index (κ1) is 16.0. The van der Waals surface area contributed by atoms with Crippen LogP contribution in [-0.4, -0.2) is 11.3 Å². The van der Waals surface area contributed by atoms with Gasteiger partial charge < -0.3 is 5.32 Å². The number of alkyl halides is 3. The predicted octanol–water partition coefficient (Wildman–Crippen LogP) is 4.78. The number of carbonyl (C=O) groups excluding carboxylic acids is 1. The summed E-state index contributed by atoms with van der Waals surface area (Å²) >= 11 is 0. The van der Waals surface area contributed by atoms with E-state index in [0.717, 1.165) is 17.8 Å². The molecule has 22 heavy (non-hydrogen) atoms. The SMILES string of the molecule is CC(C)c1ccc(C=O)c(Nc2cccc(C(F)(F)F)c2)n1. The number of aromatic nitrogens is 1. The van der Waals surface area contributed by atoms with Crippen molar-refractivity contribution in [1.82, 2.24) is 4.98 Å². The van der Waals surface area contributed by atoms with Crippen molar-refractivity contribution in [3.63, 3.8) is 0 Å². The zero-order valence-electron chi connectivity index (χ0n) is 12.1. The Morgan fingerprint density at radius 1 is 1.18 bits per heavy atom. The van der Waals surface area contributed by atoms with Crippen LogP contribution in [0, 0.1) is 0 Å². The van der Waals surface area contributed by atoms with Gasteiger partial charge in [-0.25, -0.2) is 4.98 Å². The molecule has 0 aliphatic rings. The lowest BCUT2D eigenvalue weighted by atomic mass is 10.1. The summed E-state index contributed by atoms with van der Waals surface area (Å²) in [6, 6.07) is 8.10. The molecule has 0 spiro atoms. The van der Waals surface area contributed by atoms with E-state index in [9.17, 15) is 18.0 Å². The quantitative estimate of drug-likeness (QED) is 0.826. The van der Waals surface area contributed by atoms with Gasteiger partial charge in [-0.3, -0.25) is 4.79 Å². The van der Waals surface area contributed by atoms with E-state index in [-0.39, 0.29) is 17.4 Å². The smallest absolute Gasteiger partial charge is 0.340 e. The molecular weight excluding hydrogens is 293 g/mol. The molecular formula is C16H15F3N2O. The number of aldehydes is 1. The van der Waals surface area contributed by atoms with Crippen molar-refractivity contribution in [2.24, 2.45) is 0 Å². The summed E-state index contributed by atoms with van der Waals surface area (Å²) in [5.41, 5.74) is 0.512. The first-order valence-electron chi connectivity index (χ1n) is 6.71. The zero-order valence-corrected chi connectivity index (χ0v) is 12.1. The average molecular weight is 308 g/mol. The second-order valence-corrected chi connectivity index (χ2v) is 5.15. The van der Waals surface area contributed by atoms with Crippen LogP contribution >= 0.6 is 0 Å². The number of hydrogen-bond acceptors (Lipinski definition) is 3. The molecule has 1 aromatic carbocycles. The molecule has 0 saturated heterocycles. The zero-order chi connectivity index (χ0) is 16.3. The molecule has 0 saturated carbocycles. The van der Waals surface area contributed by atoms with Crippen LogP contribution in [0.4, 0.5) is 24.7 Å². The fourth-order valence-corrected chi connectivity index (χ4v) is 1.91. The Labute approximate surface area is 126 Å². The van der Waals surface area contributed by atoms with Crippen molar-refractivity contribution < 1.29 is 18.0 Å². The highest BCUT2D eigenvalue weighted by molar-refractivity contribution is 5.84. The van der Waals surface area contributed by atoms with E-state index < -0.39 is 11.7 Å². The maximum absolute atomic E-state index is 12.7. The molecule has 0 radical (unpaired) electrons. The highest BCUT2D eigenvalue weighted by Gasteiger charge is 2.30. The Morgan fingerprint density at radius 2 is 1.91 bits per heavy atom. The summed E-state index contributed by atoms with van der Waals surface area (Å²) in [5, 5.41) is 2.79. The van der Waals surface area contributed by atoms with Gasteiger partial charge in [-0.15, -0.1) is 0 Å². The molecule has 6 heteroatoms. The summed E-state index contributed by atoms with van der Waals surface area (Å²) < 4.78 is 38.2. The van der Waals surface area contributed by atoms with Gasteiger partial charge in [0.15, 0.2) is 6.29 Å². The maximum atomic E-state index is 12.7. The molecule has 1 N–H and O–H groups in total. The standard InChI is InChI=1S/C16H15F3N2O/c1-10(2)14-7-6-11(9-22)15(21-14)20-13-5-3-4-12(8-13)16(17,18)19/h3-10H,1-2H3,(H,20,21). The molecule has 2 rings (SSSR count). The van der Waals surface area contributed by atoms with E-state index in [4.69, 9.17) is 0 Å². The van der Waals surface area contributed by atoms with E-state index >= 15 is 0 Å². The highest BCUT2D eigenvalue weighted by Crippen LogP contribution is 2.31. The Bertz CT molecular complexity index is 681. The topological polar surface area (TPSA) is 42.0 Å². The largest absolute Gasteiger partial charge is 0.416 e. The third kappa shape index (κ3) is 3.63. The van der Waals surface area contributed by atoms with Crippen LogP contribution in [0.3, 0.4) is 0 Å². The van der Waals surface area contributed by atoms with Crippen molar-refractivity contribution in [2.75, 3.05) is 5.32 Å². The summed E-state index contributed by atoms with van der Waals surface area (Å²) in [7, 11) is 0. The van der Waals surface area contributed by atoms with Crippen molar-refractivity contribution in [3.8, 4) is 0 Å². The van der Waals surface area contributed by atoms with Crippen molar-refractivity contribution in [1.29, 1.82) is 0 Å². The first-order valence-corrected chi connectivity index (χ1v) is 6.71. The van der Waals surface area contributed by atoms with Gasteiger partial charge >= 0.3 is 6.18 Å². The van der Waals surface area contributed by atoms with Gasteiger partial charge in [-0.2, -0.15) is 13.2 Å². The molecule has 1 heterocycles. The van der Waals surface area contributed by atoms with Crippen LogP contribution in [0.2, 0.25) is 0 Å². The van der Waals surface area contributed by atoms with Gasteiger partial charge in [0.25, 0.3) is 0 Å². The van der Waals surface area contributed by atoms with Gasteiger partial charge in [0, 0.05) is 11.4 Å². The van der Waals surface area contributed by atoms with E-state index in [1.165, 1.54) is 12.1 Å². The molecule has 0 amide bonds. The number of hydrogen-bond donors (Lipinski definition) is 1. The minimum absolute atomic E-state index is 0.141. The Balaban J connectivity index is 2.38. The molecule has 0 unspecified atom stereocenters. The minimum Gasteiger partial charge on any atom is -0.340 e. The molecule has 0 fully saturated rings. The van der Waals surface area contributed by atoms with Crippen molar-refractivity contribution >= 4 is 17.8 Å². The molecule has 2 aromatic rings. The van der Waals surface area contributed by atoms with Gasteiger partial charge in [0.1, 0.15) is 5.82 Å². The average Bonchev–Trinajstić information content (AvgIpc) is 2.46. The summed E-state index contributed by atoms with van der Waals surface area (Å²) in [5.74, 6) is 0.392. The highest BCUT2D eigenvalue weighted by atomic mass is 19.4. The van der Waals surface area contributed by atoms with Crippen LogP contribution in [0.15, 0.2) is 36.4 Å². The summed E-state index contributed by atoms with van der Waals surface area (Å²) in [4.78, 5) is 15.4. The lowest BCUT2D eigenvalue weighted by molar-refractivity contribution is -0.137. The monoisotopic (exact) mass is 308 g/mol. The molecule has 0 bridgehead atoms. The van der Waals surface area contributed by atoms with E-state index in [2.05, 4.69) is 10.3 Å². The Kier molecular flexibility index (Phi) is 4.49. The van der Waals surface area contributed by atoms with Crippen LogP contribution < -0.4 is 5.32 Å². The van der Waals surface area contributed by atoms with Crippen LogP contribution in [-0.2, 0) is 6.18 Å². The maximum Gasteiger partial charge on any atom is 0.416 e. The normalized spacial score (nSPS) is 11.5. The van der Waals surface area contributed by atoms with Crippen LogP contribution in [0.25, 0.3) is 0 Å². The molecule has 3 nitrogen and oxygen atoms in total. The Hall–Kier alpha value is -2.37. The molecule has 0 aliphatic heterocycles. The molecule has 0 atom stereocenters. The lowest BCUT2D eigenvalue weighted by Gasteiger charge is -2.13. The number of halogens is 3. The fourth-order valence-electron chi connectivity index (χ4n) is 1.91. The second kappa shape index (κ2) is 6.17. The number of anilines is 2. The van der Waals surface area contributed by atoms with Gasteiger partial charge in [-0.1, -0.05) is 19.9 Å². The molecule has 116 valence electrons. The number of nitrogens with one attached hydrogen (secondary N) is 1. The molecule has 1 aromatic heterocycles. The second-order valence-electron chi connectivity index (χ2n) is 5.15. The van der Waals surface area contributed by atoms with Gasteiger partial charge in [0.05, 0.1) is 11.1 Å². The summed E-state index contributed by atoms with van der Waals surface area (Å²) in [6.07, 6.45) is -3.80. The minimum atomic E-state index is -4.42.